The largest absolute Gasteiger partial charge is 0.255 e. The Morgan fingerprint density at radius 3 is 1.29 bits per heavy atom. The Kier molecular flexibility index (Phi) is 11.8. The van der Waals surface area contributed by atoms with Gasteiger partial charge < -0.3 is 0 Å². The smallest absolute Gasteiger partial charge is 0.0619 e. The topological polar surface area (TPSA) is 25.8 Å². The van der Waals surface area contributed by atoms with Crippen LogP contribution in [0.15, 0.2) is 0 Å². The van der Waals surface area contributed by atoms with Gasteiger partial charge in [0.1, 0.15) is 0 Å². The molecule has 0 aliphatic rings. The first kappa shape index (κ1) is 21.1. The number of aryl methyl sites for hydroxylation is 4. The molecule has 0 radical (unpaired) electrons. The third-order valence-corrected chi connectivity index (χ3v) is 4.97. The summed E-state index contributed by atoms with van der Waals surface area (Å²) in [6, 6.07) is 0. The molecular formula is C22H40N2. The van der Waals surface area contributed by atoms with Crippen molar-refractivity contribution in [1.82, 2.24) is 9.97 Å². The summed E-state index contributed by atoms with van der Waals surface area (Å²) in [4.78, 5) is 9.74. The second kappa shape index (κ2) is 13.4. The lowest BCUT2D eigenvalue weighted by molar-refractivity contribution is 0.595. The zero-order valence-electron chi connectivity index (χ0n) is 16.8. The van der Waals surface area contributed by atoms with E-state index in [1.54, 1.807) is 0 Å². The van der Waals surface area contributed by atoms with Crippen LogP contribution in [0.2, 0.25) is 0 Å². The highest BCUT2D eigenvalue weighted by Gasteiger charge is 2.08. The molecule has 1 heterocycles. The highest BCUT2D eigenvalue weighted by molar-refractivity contribution is 5.19. The van der Waals surface area contributed by atoms with E-state index in [4.69, 9.17) is 9.97 Å². The number of hydrogen-bond acceptors (Lipinski definition) is 2. The van der Waals surface area contributed by atoms with Crippen molar-refractivity contribution in [2.24, 2.45) is 0 Å². The molecule has 0 aromatic carbocycles. The van der Waals surface area contributed by atoms with Crippen LogP contribution in [-0.2, 0) is 12.8 Å². The van der Waals surface area contributed by atoms with Gasteiger partial charge in [-0.2, -0.15) is 0 Å². The van der Waals surface area contributed by atoms with Gasteiger partial charge in [-0.15, -0.1) is 0 Å². The first-order valence-electron chi connectivity index (χ1n) is 10.5. The number of hydrogen-bond donors (Lipinski definition) is 0. The number of rotatable bonds is 14. The van der Waals surface area contributed by atoms with Crippen molar-refractivity contribution >= 4 is 0 Å². The molecule has 1 aromatic rings. The lowest BCUT2D eigenvalue weighted by atomic mass is 10.1. The van der Waals surface area contributed by atoms with Gasteiger partial charge >= 0.3 is 0 Å². The second-order valence-corrected chi connectivity index (χ2v) is 7.32. The number of nitrogens with zero attached hydrogens (tertiary/aromatic N) is 2. The Bertz CT molecular complexity index is 403. The minimum absolute atomic E-state index is 1.11. The summed E-state index contributed by atoms with van der Waals surface area (Å²) < 4.78 is 0. The average Bonchev–Trinajstić information content (AvgIpc) is 2.57. The van der Waals surface area contributed by atoms with Crippen molar-refractivity contribution in [1.29, 1.82) is 0 Å². The van der Waals surface area contributed by atoms with Crippen molar-refractivity contribution in [2.75, 3.05) is 0 Å². The maximum atomic E-state index is 4.98. The van der Waals surface area contributed by atoms with Gasteiger partial charge in [-0.05, 0) is 39.5 Å². The van der Waals surface area contributed by atoms with Crippen LogP contribution in [0.5, 0.6) is 0 Å². The molecule has 0 unspecified atom stereocenters. The van der Waals surface area contributed by atoms with Gasteiger partial charge in [0, 0.05) is 0 Å². The molecular weight excluding hydrogens is 292 g/mol. The lowest BCUT2D eigenvalue weighted by Crippen LogP contribution is -2.06. The fourth-order valence-corrected chi connectivity index (χ4v) is 3.32. The van der Waals surface area contributed by atoms with E-state index in [1.165, 1.54) is 88.4 Å². The van der Waals surface area contributed by atoms with E-state index in [-0.39, 0.29) is 0 Å². The molecule has 0 amide bonds. The molecule has 0 saturated carbocycles. The zero-order valence-corrected chi connectivity index (χ0v) is 16.8. The zero-order chi connectivity index (χ0) is 17.6. The molecule has 2 nitrogen and oxygen atoms in total. The van der Waals surface area contributed by atoms with Crippen molar-refractivity contribution < 1.29 is 0 Å². The average molecular weight is 333 g/mol. The summed E-state index contributed by atoms with van der Waals surface area (Å²) in [5, 5.41) is 0. The summed E-state index contributed by atoms with van der Waals surface area (Å²) in [5.74, 6) is 0. The van der Waals surface area contributed by atoms with Gasteiger partial charge in [0.2, 0.25) is 0 Å². The Labute approximate surface area is 150 Å². The molecule has 138 valence electrons. The van der Waals surface area contributed by atoms with E-state index in [2.05, 4.69) is 27.7 Å². The molecule has 0 fully saturated rings. The second-order valence-electron chi connectivity index (χ2n) is 7.32. The van der Waals surface area contributed by atoms with Crippen molar-refractivity contribution in [3.8, 4) is 0 Å². The number of unbranched alkanes of at least 4 members (excludes halogenated alkanes) is 10. The lowest BCUT2D eigenvalue weighted by Gasteiger charge is -2.11. The van der Waals surface area contributed by atoms with E-state index >= 15 is 0 Å². The molecule has 0 bridgehead atoms. The van der Waals surface area contributed by atoms with E-state index in [0.29, 0.717) is 0 Å². The summed E-state index contributed by atoms with van der Waals surface area (Å²) in [6.07, 6.45) is 18.3. The summed E-state index contributed by atoms with van der Waals surface area (Å²) in [6.45, 7) is 8.80. The fourth-order valence-electron chi connectivity index (χ4n) is 3.32. The van der Waals surface area contributed by atoms with Gasteiger partial charge in [0.05, 0.1) is 22.8 Å². The SMILES string of the molecule is CCCCCCCCc1nc(CCCCCCCC)c(C)nc1C. The normalized spacial score (nSPS) is 11.2. The van der Waals surface area contributed by atoms with Gasteiger partial charge in [-0.3, -0.25) is 9.97 Å². The molecule has 1 rings (SSSR count). The van der Waals surface area contributed by atoms with Crippen LogP contribution in [-0.4, -0.2) is 9.97 Å². The molecule has 0 atom stereocenters. The van der Waals surface area contributed by atoms with Gasteiger partial charge in [0.25, 0.3) is 0 Å². The first-order chi connectivity index (χ1) is 11.7. The maximum absolute atomic E-state index is 4.98. The highest BCUT2D eigenvalue weighted by atomic mass is 14.8. The Morgan fingerprint density at radius 2 is 0.875 bits per heavy atom. The van der Waals surface area contributed by atoms with Crippen molar-refractivity contribution in [2.45, 2.75) is 118 Å². The quantitative estimate of drug-likeness (QED) is 0.346. The van der Waals surface area contributed by atoms with E-state index in [1.807, 2.05) is 0 Å². The summed E-state index contributed by atoms with van der Waals surface area (Å²) in [5.41, 5.74) is 4.79. The predicted molar refractivity (Wildman–Crippen MR) is 106 cm³/mol. The Balaban J connectivity index is 2.37. The number of aromatic nitrogens is 2. The maximum Gasteiger partial charge on any atom is 0.0619 e. The van der Waals surface area contributed by atoms with Crippen LogP contribution in [0, 0.1) is 13.8 Å². The Morgan fingerprint density at radius 1 is 0.500 bits per heavy atom. The summed E-state index contributed by atoms with van der Waals surface area (Å²) in [7, 11) is 0. The van der Waals surface area contributed by atoms with Crippen LogP contribution < -0.4 is 0 Å². The minimum Gasteiger partial charge on any atom is -0.255 e. The van der Waals surface area contributed by atoms with Crippen molar-refractivity contribution in [3.63, 3.8) is 0 Å². The Hall–Kier alpha value is -0.920. The molecule has 2 heteroatoms. The van der Waals surface area contributed by atoms with Gasteiger partial charge in [-0.1, -0.05) is 78.1 Å². The molecule has 0 spiro atoms. The van der Waals surface area contributed by atoms with E-state index in [9.17, 15) is 0 Å². The van der Waals surface area contributed by atoms with Gasteiger partial charge in [-0.25, -0.2) is 0 Å². The third kappa shape index (κ3) is 8.80. The molecule has 1 aromatic heterocycles. The van der Waals surface area contributed by atoms with Crippen LogP contribution in [0.1, 0.15) is 114 Å². The van der Waals surface area contributed by atoms with Crippen LogP contribution in [0.4, 0.5) is 0 Å². The fraction of sp³-hybridized carbons (Fsp3) is 0.818. The van der Waals surface area contributed by atoms with Crippen LogP contribution in [0.25, 0.3) is 0 Å². The van der Waals surface area contributed by atoms with E-state index < -0.39 is 0 Å². The van der Waals surface area contributed by atoms with Gasteiger partial charge in [0.15, 0.2) is 0 Å². The van der Waals surface area contributed by atoms with Crippen LogP contribution >= 0.6 is 0 Å². The minimum atomic E-state index is 1.11. The van der Waals surface area contributed by atoms with E-state index in [0.717, 1.165) is 24.2 Å². The molecule has 0 N–H and O–H groups in total. The third-order valence-electron chi connectivity index (χ3n) is 4.97. The standard InChI is InChI=1S/C22H40N2/c1-5-7-9-11-13-15-17-21-19(3)23-20(4)22(24-21)18-16-14-12-10-8-6-2/h5-18H2,1-4H3. The molecule has 24 heavy (non-hydrogen) atoms. The molecule has 0 saturated heterocycles. The predicted octanol–water partition coefficient (Wildman–Crippen LogP) is 6.90. The molecule has 0 aliphatic heterocycles. The highest BCUT2D eigenvalue weighted by Crippen LogP contribution is 2.15. The first-order valence-corrected chi connectivity index (χ1v) is 10.5. The summed E-state index contributed by atoms with van der Waals surface area (Å²) >= 11 is 0. The molecule has 0 aliphatic carbocycles. The monoisotopic (exact) mass is 332 g/mol. The van der Waals surface area contributed by atoms with Crippen molar-refractivity contribution in [3.05, 3.63) is 22.8 Å². The van der Waals surface area contributed by atoms with Crippen LogP contribution in [0.3, 0.4) is 0 Å².